The van der Waals surface area contributed by atoms with Crippen LogP contribution >= 0.6 is 11.3 Å². The standard InChI is InChI=1S/C19H23N3O4S/c1-13(26-16-7-5-15(25-2)6-8-16)18(24)22-10-3-4-14(12-22)17(23)21-19-20-9-11-27-19/h5-9,11,13-14H,3-4,10,12H2,1-2H3,(H,20,21,23). The van der Waals surface area contributed by atoms with Gasteiger partial charge in [0.05, 0.1) is 13.0 Å². The highest BCUT2D eigenvalue weighted by Crippen LogP contribution is 2.22. The van der Waals surface area contributed by atoms with E-state index in [9.17, 15) is 9.59 Å². The largest absolute Gasteiger partial charge is 0.497 e. The Balaban J connectivity index is 1.55. The maximum atomic E-state index is 12.7. The van der Waals surface area contributed by atoms with Gasteiger partial charge in [0.1, 0.15) is 11.5 Å². The molecule has 1 fully saturated rings. The predicted molar refractivity (Wildman–Crippen MR) is 103 cm³/mol. The van der Waals surface area contributed by atoms with Crippen LogP contribution in [0.3, 0.4) is 0 Å². The highest BCUT2D eigenvalue weighted by Gasteiger charge is 2.31. The second-order valence-corrected chi connectivity index (χ2v) is 7.28. The maximum absolute atomic E-state index is 12.7. The summed E-state index contributed by atoms with van der Waals surface area (Å²) < 4.78 is 10.9. The Morgan fingerprint density at radius 2 is 2.04 bits per heavy atom. The topological polar surface area (TPSA) is 80.8 Å². The Bertz CT molecular complexity index is 764. The molecular formula is C19H23N3O4S. The fraction of sp³-hybridized carbons (Fsp3) is 0.421. The van der Waals surface area contributed by atoms with Crippen LogP contribution in [0.2, 0.25) is 0 Å². The predicted octanol–water partition coefficient (Wildman–Crippen LogP) is 2.80. The molecule has 0 bridgehead atoms. The first-order valence-corrected chi connectivity index (χ1v) is 9.74. The highest BCUT2D eigenvalue weighted by atomic mass is 32.1. The molecule has 1 aromatic carbocycles. The Morgan fingerprint density at radius 3 is 2.70 bits per heavy atom. The highest BCUT2D eigenvalue weighted by molar-refractivity contribution is 7.13. The Labute approximate surface area is 162 Å². The number of nitrogens with one attached hydrogen (secondary N) is 1. The average Bonchev–Trinajstić information content (AvgIpc) is 3.21. The lowest BCUT2D eigenvalue weighted by molar-refractivity contribution is -0.140. The van der Waals surface area contributed by atoms with Crippen LogP contribution in [0.5, 0.6) is 11.5 Å². The molecule has 1 aromatic heterocycles. The molecule has 2 atom stereocenters. The monoisotopic (exact) mass is 389 g/mol. The molecule has 0 aliphatic carbocycles. The molecule has 7 nitrogen and oxygen atoms in total. The SMILES string of the molecule is COc1ccc(OC(C)C(=O)N2CCCC(C(=O)Nc3nccs3)C2)cc1. The number of benzene rings is 1. The van der Waals surface area contributed by atoms with Crippen LogP contribution in [0, 0.1) is 5.92 Å². The molecule has 0 radical (unpaired) electrons. The quantitative estimate of drug-likeness (QED) is 0.822. The zero-order valence-corrected chi connectivity index (χ0v) is 16.2. The molecule has 3 rings (SSSR count). The van der Waals surface area contributed by atoms with E-state index in [0.717, 1.165) is 18.6 Å². The van der Waals surface area contributed by atoms with E-state index >= 15 is 0 Å². The van der Waals surface area contributed by atoms with Gasteiger partial charge in [-0.15, -0.1) is 11.3 Å². The Kier molecular flexibility index (Phi) is 6.28. The second kappa shape index (κ2) is 8.85. The summed E-state index contributed by atoms with van der Waals surface area (Å²) in [5, 5.41) is 5.21. The molecule has 2 amide bonds. The van der Waals surface area contributed by atoms with E-state index in [0.29, 0.717) is 24.0 Å². The van der Waals surface area contributed by atoms with Crippen LogP contribution in [-0.2, 0) is 9.59 Å². The van der Waals surface area contributed by atoms with E-state index in [1.165, 1.54) is 11.3 Å². The third-order valence-electron chi connectivity index (χ3n) is 4.49. The third kappa shape index (κ3) is 4.97. The summed E-state index contributed by atoms with van der Waals surface area (Å²) in [7, 11) is 1.60. The van der Waals surface area contributed by atoms with E-state index in [2.05, 4.69) is 10.3 Å². The normalized spacial score (nSPS) is 17.9. The minimum atomic E-state index is -0.626. The molecule has 2 unspecified atom stereocenters. The summed E-state index contributed by atoms with van der Waals surface area (Å²) >= 11 is 1.38. The van der Waals surface area contributed by atoms with Crippen molar-refractivity contribution >= 4 is 28.3 Å². The fourth-order valence-electron chi connectivity index (χ4n) is 3.05. The molecule has 1 N–H and O–H groups in total. The van der Waals surface area contributed by atoms with E-state index < -0.39 is 6.10 Å². The van der Waals surface area contributed by atoms with Gasteiger partial charge in [0.25, 0.3) is 5.91 Å². The first kappa shape index (κ1) is 19.2. The minimum absolute atomic E-state index is 0.0915. The number of hydrogen-bond donors (Lipinski definition) is 1. The van der Waals surface area contributed by atoms with Gasteiger partial charge in [0.2, 0.25) is 5.91 Å². The lowest BCUT2D eigenvalue weighted by Crippen LogP contribution is -2.48. The summed E-state index contributed by atoms with van der Waals surface area (Å²) in [5.74, 6) is 0.890. The molecule has 27 heavy (non-hydrogen) atoms. The third-order valence-corrected chi connectivity index (χ3v) is 5.17. The van der Waals surface area contributed by atoms with Gasteiger partial charge < -0.3 is 19.7 Å². The van der Waals surface area contributed by atoms with E-state index in [-0.39, 0.29) is 17.7 Å². The number of ether oxygens (including phenoxy) is 2. The van der Waals surface area contributed by atoms with Crippen LogP contribution in [-0.4, -0.2) is 48.0 Å². The summed E-state index contributed by atoms with van der Waals surface area (Å²) in [6.07, 6.45) is 2.57. The average molecular weight is 389 g/mol. The number of piperidine rings is 1. The summed E-state index contributed by atoms with van der Waals surface area (Å²) in [5.41, 5.74) is 0. The summed E-state index contributed by atoms with van der Waals surface area (Å²) in [6, 6.07) is 7.10. The number of nitrogens with zero attached hydrogens (tertiary/aromatic N) is 2. The van der Waals surface area contributed by atoms with E-state index in [4.69, 9.17) is 9.47 Å². The Morgan fingerprint density at radius 1 is 1.30 bits per heavy atom. The molecule has 0 spiro atoms. The lowest BCUT2D eigenvalue weighted by Gasteiger charge is -2.33. The van der Waals surface area contributed by atoms with Crippen molar-refractivity contribution in [2.45, 2.75) is 25.9 Å². The lowest BCUT2D eigenvalue weighted by atomic mass is 9.97. The number of hydrogen-bond acceptors (Lipinski definition) is 6. The van der Waals surface area contributed by atoms with Gasteiger partial charge >= 0.3 is 0 Å². The van der Waals surface area contributed by atoms with Gasteiger partial charge in [0.15, 0.2) is 11.2 Å². The van der Waals surface area contributed by atoms with Gasteiger partial charge in [-0.3, -0.25) is 9.59 Å². The van der Waals surface area contributed by atoms with Gasteiger partial charge in [-0.2, -0.15) is 0 Å². The van der Waals surface area contributed by atoms with E-state index in [1.807, 2.05) is 5.38 Å². The molecule has 1 saturated heterocycles. The van der Waals surface area contributed by atoms with Crippen molar-refractivity contribution in [2.24, 2.45) is 5.92 Å². The number of likely N-dealkylation sites (tertiary alicyclic amines) is 1. The number of carbonyl (C=O) groups excluding carboxylic acids is 2. The maximum Gasteiger partial charge on any atom is 0.263 e. The van der Waals surface area contributed by atoms with Crippen molar-refractivity contribution in [1.29, 1.82) is 0 Å². The number of methoxy groups -OCH3 is 1. The van der Waals surface area contributed by atoms with Gasteiger partial charge in [-0.1, -0.05) is 0 Å². The van der Waals surface area contributed by atoms with E-state index in [1.54, 1.807) is 49.4 Å². The van der Waals surface area contributed by atoms with Crippen LogP contribution < -0.4 is 14.8 Å². The number of rotatable bonds is 6. The zero-order chi connectivity index (χ0) is 19.2. The fourth-order valence-corrected chi connectivity index (χ4v) is 3.58. The first-order valence-electron chi connectivity index (χ1n) is 8.86. The number of aromatic nitrogens is 1. The molecule has 1 aliphatic heterocycles. The van der Waals surface area contributed by atoms with Crippen molar-refractivity contribution in [3.05, 3.63) is 35.8 Å². The van der Waals surface area contributed by atoms with Crippen molar-refractivity contribution in [1.82, 2.24) is 9.88 Å². The van der Waals surface area contributed by atoms with Gasteiger partial charge in [-0.05, 0) is 44.0 Å². The van der Waals surface area contributed by atoms with Crippen LogP contribution in [0.1, 0.15) is 19.8 Å². The van der Waals surface area contributed by atoms with Gasteiger partial charge in [0, 0.05) is 24.7 Å². The van der Waals surface area contributed by atoms with Crippen molar-refractivity contribution < 1.29 is 19.1 Å². The van der Waals surface area contributed by atoms with Crippen LogP contribution in [0.15, 0.2) is 35.8 Å². The molecule has 2 heterocycles. The summed E-state index contributed by atoms with van der Waals surface area (Å²) in [6.45, 7) is 2.76. The number of amides is 2. The van der Waals surface area contributed by atoms with Crippen molar-refractivity contribution in [2.75, 3.05) is 25.5 Å². The van der Waals surface area contributed by atoms with Gasteiger partial charge in [-0.25, -0.2) is 4.98 Å². The minimum Gasteiger partial charge on any atom is -0.497 e. The van der Waals surface area contributed by atoms with Crippen molar-refractivity contribution in [3.8, 4) is 11.5 Å². The number of anilines is 1. The molecule has 1 aliphatic rings. The van der Waals surface area contributed by atoms with Crippen LogP contribution in [0.25, 0.3) is 0 Å². The smallest absolute Gasteiger partial charge is 0.263 e. The Hall–Kier alpha value is -2.61. The first-order chi connectivity index (χ1) is 13.1. The number of thiazole rings is 1. The van der Waals surface area contributed by atoms with Crippen LogP contribution in [0.4, 0.5) is 5.13 Å². The summed E-state index contributed by atoms with van der Waals surface area (Å²) in [4.78, 5) is 31.0. The zero-order valence-electron chi connectivity index (χ0n) is 15.4. The molecule has 8 heteroatoms. The number of carbonyl (C=O) groups is 2. The molecule has 0 saturated carbocycles. The molecular weight excluding hydrogens is 366 g/mol. The molecule has 2 aromatic rings. The molecule has 144 valence electrons. The second-order valence-electron chi connectivity index (χ2n) is 6.39. The van der Waals surface area contributed by atoms with Crippen molar-refractivity contribution in [3.63, 3.8) is 0 Å².